The molecular weight excluding hydrogens is 873 g/mol. The quantitative estimate of drug-likeness (QED) is 0.0873. The van der Waals surface area contributed by atoms with Crippen molar-refractivity contribution >= 4 is 39.3 Å². The lowest BCUT2D eigenvalue weighted by molar-refractivity contribution is -0.142. The van der Waals surface area contributed by atoms with Crippen LogP contribution in [0.25, 0.3) is 21.5 Å². The van der Waals surface area contributed by atoms with E-state index in [4.69, 9.17) is 4.74 Å². The first-order valence-corrected chi connectivity index (χ1v) is 19.7. The molecule has 2 aromatic heterocycles. The molecule has 11 nitrogen and oxygen atoms in total. The van der Waals surface area contributed by atoms with Crippen molar-refractivity contribution in [3.63, 3.8) is 0 Å². The molecule has 4 aromatic carbocycles. The highest BCUT2D eigenvalue weighted by atomic mass is 19.4. The molecule has 6 aromatic rings. The van der Waals surface area contributed by atoms with Gasteiger partial charge in [-0.15, -0.1) is 0 Å². The predicted molar refractivity (Wildman–Crippen MR) is 224 cm³/mol. The fourth-order valence-electron chi connectivity index (χ4n) is 6.94. The third kappa shape index (κ3) is 11.3. The van der Waals surface area contributed by atoms with Crippen molar-refractivity contribution in [3.05, 3.63) is 162 Å². The maximum absolute atomic E-state index is 13.8. The molecule has 0 aliphatic heterocycles. The Kier molecular flexibility index (Phi) is 15.0. The minimum absolute atomic E-state index is 0.00361. The number of rotatable bonds is 11. The summed E-state index contributed by atoms with van der Waals surface area (Å²) >= 11 is 0. The van der Waals surface area contributed by atoms with Crippen LogP contribution in [0.3, 0.4) is 0 Å². The number of carbonyl (C=O) groups is 3. The lowest BCUT2D eigenvalue weighted by Gasteiger charge is -2.17. The Hall–Kier alpha value is -6.89. The number of halogens is 8. The van der Waals surface area contributed by atoms with Gasteiger partial charge >= 0.3 is 18.3 Å². The monoisotopic (exact) mass is 914 g/mol. The molecule has 0 bridgehead atoms. The largest absolute Gasteiger partial charge is 0.464 e. The third-order valence-electron chi connectivity index (χ3n) is 10.4. The Labute approximate surface area is 365 Å². The highest BCUT2D eigenvalue weighted by molar-refractivity contribution is 6.09. The van der Waals surface area contributed by atoms with Crippen LogP contribution in [0.2, 0.25) is 0 Å². The first-order chi connectivity index (χ1) is 30.4. The summed E-state index contributed by atoms with van der Waals surface area (Å²) in [5.74, 6) is -4.42. The van der Waals surface area contributed by atoms with Crippen molar-refractivity contribution in [1.29, 1.82) is 0 Å². The number of ether oxygens (including phenoxy) is 1. The Morgan fingerprint density at radius 1 is 0.631 bits per heavy atom. The van der Waals surface area contributed by atoms with Crippen LogP contribution in [0.1, 0.15) is 87.0 Å². The number of aliphatic hydroxyl groups is 1. The van der Waals surface area contributed by atoms with Gasteiger partial charge in [0.25, 0.3) is 22.9 Å². The normalized spacial score (nSPS) is 12.6. The predicted octanol–water partition coefficient (Wildman–Crippen LogP) is 8.47. The van der Waals surface area contributed by atoms with Crippen LogP contribution in [-0.2, 0) is 35.0 Å². The summed E-state index contributed by atoms with van der Waals surface area (Å²) in [6.07, 6.45) is -6.62. The lowest BCUT2D eigenvalue weighted by atomic mass is 10.00. The van der Waals surface area contributed by atoms with Crippen molar-refractivity contribution in [2.45, 2.75) is 72.1 Å². The number of nitrogens with zero attached hydrogens (tertiary/aromatic N) is 2. The van der Waals surface area contributed by atoms with Gasteiger partial charge in [-0.2, -0.15) is 26.3 Å². The molecule has 2 amide bonds. The number of hydrogen-bond acceptors (Lipinski definition) is 7. The molecule has 0 fully saturated rings. The number of fused-ring (bicyclic) bond motifs is 2. The highest BCUT2D eigenvalue weighted by Crippen LogP contribution is 2.33. The molecule has 344 valence electrons. The Bertz CT molecular complexity index is 2910. The zero-order chi connectivity index (χ0) is 48.1. The molecule has 0 unspecified atom stereocenters. The van der Waals surface area contributed by atoms with Crippen LogP contribution in [0.15, 0.2) is 94.8 Å². The molecule has 0 aliphatic carbocycles. The second-order valence-corrected chi connectivity index (χ2v) is 15.2. The summed E-state index contributed by atoms with van der Waals surface area (Å²) in [6, 6.07) is 13.6. The van der Waals surface area contributed by atoms with Crippen LogP contribution in [0.5, 0.6) is 0 Å². The van der Waals surface area contributed by atoms with Gasteiger partial charge in [0.05, 0.1) is 40.9 Å². The smallest absolute Gasteiger partial charge is 0.419 e. The minimum atomic E-state index is -4.81. The van der Waals surface area contributed by atoms with Crippen LogP contribution < -0.4 is 21.8 Å². The van der Waals surface area contributed by atoms with Gasteiger partial charge in [0.15, 0.2) is 0 Å². The van der Waals surface area contributed by atoms with Gasteiger partial charge in [-0.25, -0.2) is 8.78 Å². The number of pyridine rings is 2. The molecule has 0 radical (unpaired) electrons. The van der Waals surface area contributed by atoms with E-state index in [1.165, 1.54) is 28.5 Å². The van der Waals surface area contributed by atoms with Crippen molar-refractivity contribution in [2.75, 3.05) is 13.2 Å². The summed E-state index contributed by atoms with van der Waals surface area (Å²) in [4.78, 5) is 62.5. The molecule has 0 spiro atoms. The van der Waals surface area contributed by atoms with Crippen LogP contribution in [0.4, 0.5) is 35.1 Å². The first kappa shape index (κ1) is 49.1. The summed E-state index contributed by atoms with van der Waals surface area (Å²) in [5, 5.41) is 15.8. The summed E-state index contributed by atoms with van der Waals surface area (Å²) < 4.78 is 112. The molecule has 0 saturated heterocycles. The van der Waals surface area contributed by atoms with Crippen LogP contribution in [-0.4, -0.2) is 45.2 Å². The van der Waals surface area contributed by atoms with Gasteiger partial charge in [0.1, 0.15) is 18.2 Å². The SMILES string of the molecule is CC(=O)OC[C@@H](C)n1ccc2c(C(=O)NCc3ccc(C(F)(F)F)c(F)c3)c(C)ccc2c1=O.Cc1ccc2c(=O)n([C@H](C)CO)ccc2c1C(=O)NCc1ccc(C(F)(F)F)c(F)c1. The van der Waals surface area contributed by atoms with Crippen molar-refractivity contribution in [1.82, 2.24) is 19.8 Å². The fourth-order valence-corrected chi connectivity index (χ4v) is 6.94. The van der Waals surface area contributed by atoms with Gasteiger partial charge in [0, 0.05) is 54.0 Å². The molecule has 2 atom stereocenters. The second kappa shape index (κ2) is 19.9. The average molecular weight is 915 g/mol. The van der Waals surface area contributed by atoms with Gasteiger partial charge in [-0.05, 0) is 98.5 Å². The lowest BCUT2D eigenvalue weighted by Crippen LogP contribution is -2.28. The van der Waals surface area contributed by atoms with E-state index < -0.39 is 65.0 Å². The number of benzene rings is 4. The molecule has 3 N–H and O–H groups in total. The van der Waals surface area contributed by atoms with E-state index >= 15 is 0 Å². The van der Waals surface area contributed by atoms with Crippen LogP contribution >= 0.6 is 0 Å². The van der Waals surface area contributed by atoms with E-state index in [2.05, 4.69) is 10.6 Å². The Morgan fingerprint density at radius 2 is 1.03 bits per heavy atom. The standard InChI is InChI=1S/C24H22F4N2O4.C22H20F4N2O3/c1-13-4-6-18-17(8-9-30(23(18)33)14(2)12-34-15(3)31)21(13)22(32)29-11-16-5-7-19(20(25)10-16)24(26,27)28;1-12-3-5-16-15(7-8-28(21(16)31)13(2)11-29)19(12)20(30)27-10-14-4-6-17(18(23)9-14)22(24,25)26/h4-10,14H,11-12H2,1-3H3,(H,29,32);3-9,13,29H,10-11H2,1-2H3,(H,27,30)/t14-;13-/m11/s1. The zero-order valence-electron chi connectivity index (χ0n) is 35.4. The number of nitrogens with one attached hydrogen (secondary N) is 2. The van der Waals surface area contributed by atoms with E-state index in [9.17, 15) is 64.2 Å². The first-order valence-electron chi connectivity index (χ1n) is 19.7. The third-order valence-corrected chi connectivity index (χ3v) is 10.4. The van der Waals surface area contributed by atoms with Gasteiger partial charge in [0.2, 0.25) is 0 Å². The molecule has 6 rings (SSSR count). The number of alkyl halides is 6. The number of carbonyl (C=O) groups excluding carboxylic acids is 3. The minimum Gasteiger partial charge on any atom is -0.464 e. The number of esters is 1. The number of hydrogen-bond donors (Lipinski definition) is 3. The molecule has 0 aliphatic rings. The van der Waals surface area contributed by atoms with Crippen LogP contribution in [0, 0.1) is 25.5 Å². The number of aromatic nitrogens is 2. The summed E-state index contributed by atoms with van der Waals surface area (Å²) in [7, 11) is 0. The van der Waals surface area contributed by atoms with E-state index in [0.717, 1.165) is 24.3 Å². The number of aryl methyl sites for hydroxylation is 2. The van der Waals surface area contributed by atoms with Gasteiger partial charge < -0.3 is 29.6 Å². The fraction of sp³-hybridized carbons (Fsp3) is 0.283. The van der Waals surface area contributed by atoms with Crippen molar-refractivity contribution in [2.24, 2.45) is 0 Å². The van der Waals surface area contributed by atoms with Gasteiger partial charge in [-0.1, -0.05) is 24.3 Å². The van der Waals surface area contributed by atoms with E-state index in [1.54, 1.807) is 64.1 Å². The van der Waals surface area contributed by atoms with E-state index in [0.29, 0.717) is 39.4 Å². The molecular formula is C46H42F8N4O7. The zero-order valence-corrected chi connectivity index (χ0v) is 35.4. The number of aliphatic hydroxyl groups excluding tert-OH is 1. The topological polar surface area (TPSA) is 149 Å². The van der Waals surface area contributed by atoms with E-state index in [-0.39, 0.29) is 65.1 Å². The van der Waals surface area contributed by atoms with Crippen molar-refractivity contribution < 1.29 is 59.4 Å². The molecule has 2 heterocycles. The number of amides is 2. The van der Waals surface area contributed by atoms with E-state index in [1.807, 2.05) is 0 Å². The summed E-state index contributed by atoms with van der Waals surface area (Å²) in [6.45, 7) is 7.40. The Morgan fingerprint density at radius 3 is 1.38 bits per heavy atom. The Balaban J connectivity index is 0.000000245. The highest BCUT2D eigenvalue weighted by Gasteiger charge is 2.35. The summed E-state index contributed by atoms with van der Waals surface area (Å²) in [5.41, 5.74) is -1.55. The maximum Gasteiger partial charge on any atom is 0.419 e. The van der Waals surface area contributed by atoms with Crippen molar-refractivity contribution in [3.8, 4) is 0 Å². The molecule has 19 heteroatoms. The molecule has 0 saturated carbocycles. The average Bonchev–Trinajstić information content (AvgIpc) is 3.23. The maximum atomic E-state index is 13.8. The van der Waals surface area contributed by atoms with Gasteiger partial charge in [-0.3, -0.25) is 24.0 Å². The molecule has 65 heavy (non-hydrogen) atoms. The second-order valence-electron chi connectivity index (χ2n) is 15.2.